The van der Waals surface area contributed by atoms with E-state index in [-0.39, 0.29) is 5.41 Å². The number of anilines is 6. The average molecular weight is 885 g/mol. The van der Waals surface area contributed by atoms with Gasteiger partial charge >= 0.3 is 0 Å². The molecule has 10 aromatic rings. The highest BCUT2D eigenvalue weighted by molar-refractivity contribution is 5.92. The van der Waals surface area contributed by atoms with E-state index in [9.17, 15) is 0 Å². The lowest BCUT2D eigenvalue weighted by Crippen LogP contribution is -2.33. The van der Waals surface area contributed by atoms with Gasteiger partial charge in [0.1, 0.15) is 0 Å². The van der Waals surface area contributed by atoms with E-state index >= 15 is 0 Å². The Bertz CT molecular complexity index is 3560. The number of hydrogen-bond acceptors (Lipinski definition) is 2. The van der Waals surface area contributed by atoms with Crippen LogP contribution in [0.15, 0.2) is 243 Å². The molecule has 69 heavy (non-hydrogen) atoms. The van der Waals surface area contributed by atoms with E-state index in [0.29, 0.717) is 0 Å². The molecule has 2 aliphatic carbocycles. The van der Waals surface area contributed by atoms with Gasteiger partial charge in [-0.1, -0.05) is 210 Å². The van der Waals surface area contributed by atoms with Crippen molar-refractivity contribution < 1.29 is 0 Å². The zero-order valence-electron chi connectivity index (χ0n) is 39.5. The number of para-hydroxylation sites is 1. The van der Waals surface area contributed by atoms with Gasteiger partial charge in [-0.3, -0.25) is 0 Å². The van der Waals surface area contributed by atoms with E-state index in [2.05, 4.69) is 280 Å². The van der Waals surface area contributed by atoms with Gasteiger partial charge in [-0.15, -0.1) is 0 Å². The van der Waals surface area contributed by atoms with Crippen molar-refractivity contribution in [3.05, 3.63) is 287 Å². The van der Waals surface area contributed by atoms with Crippen LogP contribution in [0, 0.1) is 0 Å². The highest BCUT2D eigenvalue weighted by Gasteiger charge is 2.47. The highest BCUT2D eigenvalue weighted by Crippen LogP contribution is 2.59. The van der Waals surface area contributed by atoms with Crippen LogP contribution in [0.25, 0.3) is 33.4 Å². The molecule has 0 saturated carbocycles. The molecule has 0 amide bonds. The fourth-order valence-electron chi connectivity index (χ4n) is 12.4. The Labute approximate surface area is 406 Å². The first-order chi connectivity index (χ1) is 33.7. The van der Waals surface area contributed by atoms with E-state index in [1.807, 2.05) is 0 Å². The first-order valence-electron chi connectivity index (χ1n) is 24.3. The molecule has 0 unspecified atom stereocenters. The van der Waals surface area contributed by atoms with Crippen molar-refractivity contribution in [1.29, 1.82) is 0 Å². The van der Waals surface area contributed by atoms with Gasteiger partial charge in [0.25, 0.3) is 0 Å². The van der Waals surface area contributed by atoms with Gasteiger partial charge in [0.05, 0.1) is 16.8 Å². The zero-order chi connectivity index (χ0) is 46.5. The summed E-state index contributed by atoms with van der Waals surface area (Å²) in [7, 11) is 0. The maximum atomic E-state index is 2.55. The van der Waals surface area contributed by atoms with Gasteiger partial charge in [0.15, 0.2) is 0 Å². The van der Waals surface area contributed by atoms with Crippen LogP contribution in [-0.4, -0.2) is 0 Å². The minimum absolute atomic E-state index is 0.0860. The third-order valence-electron chi connectivity index (χ3n) is 15.7. The van der Waals surface area contributed by atoms with Crippen LogP contribution in [0.5, 0.6) is 0 Å². The van der Waals surface area contributed by atoms with Crippen molar-refractivity contribution >= 4 is 34.1 Å². The Balaban J connectivity index is 1.03. The van der Waals surface area contributed by atoms with Gasteiger partial charge in [-0.05, 0) is 139 Å². The third kappa shape index (κ3) is 6.04. The zero-order valence-corrected chi connectivity index (χ0v) is 39.5. The molecule has 1 heterocycles. The molecule has 0 atom stereocenters. The van der Waals surface area contributed by atoms with E-state index in [1.165, 1.54) is 89.3 Å². The van der Waals surface area contributed by atoms with Crippen LogP contribution < -0.4 is 9.80 Å². The van der Waals surface area contributed by atoms with Gasteiger partial charge in [0, 0.05) is 33.6 Å². The first kappa shape index (κ1) is 41.0. The molecule has 0 fully saturated rings. The molecule has 0 saturated heterocycles. The second-order valence-corrected chi connectivity index (χ2v) is 20.1. The normalized spacial score (nSPS) is 15.0. The summed E-state index contributed by atoms with van der Waals surface area (Å²) in [5.74, 6) is 0. The van der Waals surface area contributed by atoms with Gasteiger partial charge < -0.3 is 9.80 Å². The molecule has 330 valence electrons. The lowest BCUT2D eigenvalue weighted by molar-refractivity contribution is 0.627. The molecule has 0 radical (unpaired) electrons. The van der Waals surface area contributed by atoms with E-state index in [4.69, 9.17) is 0 Å². The monoisotopic (exact) mass is 884 g/mol. The van der Waals surface area contributed by atoms with Crippen molar-refractivity contribution in [2.45, 2.75) is 43.9 Å². The van der Waals surface area contributed by atoms with Crippen LogP contribution in [0.2, 0.25) is 0 Å². The van der Waals surface area contributed by atoms with E-state index in [1.54, 1.807) is 0 Å². The topological polar surface area (TPSA) is 6.48 Å². The second kappa shape index (κ2) is 15.4. The molecule has 0 N–H and O–H groups in total. The molecule has 2 nitrogen and oxygen atoms in total. The van der Waals surface area contributed by atoms with Gasteiger partial charge in [0.2, 0.25) is 0 Å². The second-order valence-electron chi connectivity index (χ2n) is 20.1. The van der Waals surface area contributed by atoms with Crippen LogP contribution >= 0.6 is 0 Å². The molecule has 1 aliphatic heterocycles. The Morgan fingerprint density at radius 1 is 0.304 bits per heavy atom. The maximum absolute atomic E-state index is 2.55. The molecule has 10 aromatic carbocycles. The van der Waals surface area contributed by atoms with E-state index in [0.717, 1.165) is 22.7 Å². The van der Waals surface area contributed by atoms with Gasteiger partial charge in [-0.2, -0.15) is 0 Å². The van der Waals surface area contributed by atoms with Crippen LogP contribution in [0.1, 0.15) is 72.2 Å². The summed E-state index contributed by atoms with van der Waals surface area (Å²) < 4.78 is 0. The summed E-state index contributed by atoms with van der Waals surface area (Å²) in [5.41, 5.74) is 24.0. The molecule has 2 heteroatoms. The minimum atomic E-state index is -0.511. The summed E-state index contributed by atoms with van der Waals surface area (Å²) >= 11 is 0. The molecular weight excluding hydrogens is 833 g/mol. The smallest absolute Gasteiger partial charge is 0.0713 e. The largest absolute Gasteiger partial charge is 0.310 e. The lowest BCUT2D eigenvalue weighted by atomic mass is 9.65. The molecule has 0 bridgehead atoms. The molecule has 13 rings (SSSR count). The Hall–Kier alpha value is -8.20. The Kier molecular flexibility index (Phi) is 9.17. The SMILES string of the molecule is CC1(C)c2ccccc2-c2cc(N(c3ccc(-c4ccccc4)cc3)c3ccc4c(c3)C(C)(C)c3cc(C5(c6ccccc6)c6ccccc6-c6ccccc65)ccc3N4c3ccccc3)ccc21. The van der Waals surface area contributed by atoms with Crippen molar-refractivity contribution in [2.75, 3.05) is 9.80 Å². The first-order valence-corrected chi connectivity index (χ1v) is 24.3. The third-order valence-corrected chi connectivity index (χ3v) is 15.7. The highest BCUT2D eigenvalue weighted by atomic mass is 15.2. The summed E-state index contributed by atoms with van der Waals surface area (Å²) in [6.07, 6.45) is 0. The maximum Gasteiger partial charge on any atom is 0.0713 e. The Morgan fingerprint density at radius 3 is 1.41 bits per heavy atom. The summed E-state index contributed by atoms with van der Waals surface area (Å²) in [6, 6.07) is 90.6. The van der Waals surface area contributed by atoms with Crippen LogP contribution in [0.3, 0.4) is 0 Å². The number of benzene rings is 10. The molecule has 0 spiro atoms. The molecular formula is C67H52N2. The predicted octanol–water partition coefficient (Wildman–Crippen LogP) is 17.6. The standard InChI is InChI=1S/C67H52N2/c1-65(2)57-29-17-14-28-55(57)56-43-51(37-39-58(56)65)68(50-35-32-46(33-36-50)45-20-8-5-9-21-45)52-38-41-64-62(44-52)66(3,4)61-42-48(34-40-63(61)69(64)49-24-12-7-13-25-49)67(47-22-10-6-11-23-47)59-30-18-15-26-53(59)54-27-16-19-31-60(54)67/h5-44H,1-4H3. The van der Waals surface area contributed by atoms with Crippen molar-refractivity contribution in [1.82, 2.24) is 0 Å². The number of fused-ring (bicyclic) bond motifs is 8. The van der Waals surface area contributed by atoms with Crippen LogP contribution in [0.4, 0.5) is 34.1 Å². The fraction of sp³-hybridized carbons (Fsp3) is 0.104. The number of rotatable bonds is 7. The van der Waals surface area contributed by atoms with Crippen molar-refractivity contribution in [3.8, 4) is 33.4 Å². The van der Waals surface area contributed by atoms with Gasteiger partial charge in [-0.25, -0.2) is 0 Å². The molecule has 3 aliphatic rings. The van der Waals surface area contributed by atoms with Crippen molar-refractivity contribution in [2.24, 2.45) is 0 Å². The summed E-state index contributed by atoms with van der Waals surface area (Å²) in [6.45, 7) is 9.58. The molecule has 0 aromatic heterocycles. The number of nitrogens with zero attached hydrogens (tertiary/aromatic N) is 2. The van der Waals surface area contributed by atoms with Crippen LogP contribution in [-0.2, 0) is 16.2 Å². The Morgan fingerprint density at radius 2 is 0.754 bits per heavy atom. The number of hydrogen-bond donors (Lipinski definition) is 0. The lowest BCUT2D eigenvalue weighted by Gasteiger charge is -2.44. The summed E-state index contributed by atoms with van der Waals surface area (Å²) in [5, 5.41) is 0. The van der Waals surface area contributed by atoms with E-state index < -0.39 is 10.8 Å². The fourth-order valence-corrected chi connectivity index (χ4v) is 12.4. The average Bonchev–Trinajstić information content (AvgIpc) is 3.83. The minimum Gasteiger partial charge on any atom is -0.310 e. The van der Waals surface area contributed by atoms with Crippen molar-refractivity contribution in [3.63, 3.8) is 0 Å². The summed E-state index contributed by atoms with van der Waals surface area (Å²) in [4.78, 5) is 4.96. The predicted molar refractivity (Wildman–Crippen MR) is 288 cm³/mol. The quantitative estimate of drug-likeness (QED) is 0.157.